The molecule has 0 spiro atoms. The minimum absolute atomic E-state index is 0.0371. The van der Waals surface area contributed by atoms with Crippen LogP contribution < -0.4 is 4.72 Å². The van der Waals surface area contributed by atoms with Gasteiger partial charge in [-0.05, 0) is 56.5 Å². The van der Waals surface area contributed by atoms with Crippen molar-refractivity contribution in [1.82, 2.24) is 9.62 Å². The van der Waals surface area contributed by atoms with Gasteiger partial charge in [-0.2, -0.15) is 0 Å². The van der Waals surface area contributed by atoms with E-state index in [0.29, 0.717) is 31.5 Å². The Balaban J connectivity index is 1.68. The van der Waals surface area contributed by atoms with Gasteiger partial charge in [0.2, 0.25) is 10.0 Å². The Bertz CT molecular complexity index is 1020. The number of carbonyl (C=O) groups excluding carboxylic acids is 1. The minimum Gasteiger partial charge on any atom is -0.389 e. The van der Waals surface area contributed by atoms with Gasteiger partial charge in [0.15, 0.2) is 0 Å². The van der Waals surface area contributed by atoms with Crippen molar-refractivity contribution < 1.29 is 22.7 Å². The molecule has 8 heteroatoms. The molecule has 1 fully saturated rings. The van der Waals surface area contributed by atoms with Crippen molar-refractivity contribution in [2.75, 3.05) is 13.1 Å². The van der Waals surface area contributed by atoms with Crippen LogP contribution in [-0.2, 0) is 16.4 Å². The normalized spacial score (nSPS) is 16.6. The molecule has 2 aromatic carbocycles. The Hall–Kier alpha value is -2.29. The van der Waals surface area contributed by atoms with Crippen LogP contribution in [0, 0.1) is 5.82 Å². The standard InChI is InChI=1S/C22H27FN2O4S/c1-16(2)24-30(28,29)19-8-5-7-17(14-19)21(26)25-12-10-22(27,11-13-25)15-18-6-3-4-9-20(18)23/h3-9,14,16,24,27H,10-13,15H2,1-2H3. The number of hydrogen-bond donors (Lipinski definition) is 2. The van der Waals surface area contributed by atoms with Crippen LogP contribution in [0.25, 0.3) is 0 Å². The maximum Gasteiger partial charge on any atom is 0.253 e. The molecule has 0 bridgehead atoms. The van der Waals surface area contributed by atoms with E-state index in [0.717, 1.165) is 0 Å². The van der Waals surface area contributed by atoms with Gasteiger partial charge in [0, 0.05) is 31.1 Å². The number of nitrogens with one attached hydrogen (secondary N) is 1. The molecule has 1 saturated heterocycles. The van der Waals surface area contributed by atoms with Crippen LogP contribution in [-0.4, -0.2) is 49.1 Å². The molecule has 2 N–H and O–H groups in total. The molecule has 0 unspecified atom stereocenters. The number of benzene rings is 2. The molecule has 162 valence electrons. The molecule has 1 heterocycles. The summed E-state index contributed by atoms with van der Waals surface area (Å²) >= 11 is 0. The van der Waals surface area contributed by atoms with Crippen LogP contribution in [0.4, 0.5) is 4.39 Å². The zero-order valence-electron chi connectivity index (χ0n) is 17.1. The van der Waals surface area contributed by atoms with E-state index in [1.807, 2.05) is 0 Å². The molecule has 30 heavy (non-hydrogen) atoms. The fourth-order valence-electron chi connectivity index (χ4n) is 3.66. The SMILES string of the molecule is CC(C)NS(=O)(=O)c1cccc(C(=O)N2CCC(O)(Cc3ccccc3F)CC2)c1. The number of likely N-dealkylation sites (tertiary alicyclic amines) is 1. The van der Waals surface area contributed by atoms with Crippen molar-refractivity contribution in [3.05, 3.63) is 65.5 Å². The van der Waals surface area contributed by atoms with Crippen LogP contribution >= 0.6 is 0 Å². The summed E-state index contributed by atoms with van der Waals surface area (Å²) in [6.07, 6.45) is 0.830. The Morgan fingerprint density at radius 3 is 2.47 bits per heavy atom. The van der Waals surface area contributed by atoms with Gasteiger partial charge in [-0.15, -0.1) is 0 Å². The zero-order valence-corrected chi connectivity index (χ0v) is 18.0. The van der Waals surface area contributed by atoms with Crippen LogP contribution in [0.5, 0.6) is 0 Å². The van der Waals surface area contributed by atoms with E-state index >= 15 is 0 Å². The molecule has 6 nitrogen and oxygen atoms in total. The molecular formula is C22H27FN2O4S. The largest absolute Gasteiger partial charge is 0.389 e. The number of carbonyl (C=O) groups is 1. The fraction of sp³-hybridized carbons (Fsp3) is 0.409. The van der Waals surface area contributed by atoms with E-state index in [2.05, 4.69) is 4.72 Å². The second kappa shape index (κ2) is 8.83. The lowest BCUT2D eigenvalue weighted by Crippen LogP contribution is -2.47. The summed E-state index contributed by atoms with van der Waals surface area (Å²) in [6.45, 7) is 4.07. The predicted molar refractivity (Wildman–Crippen MR) is 112 cm³/mol. The zero-order chi connectivity index (χ0) is 21.9. The lowest BCUT2D eigenvalue weighted by Gasteiger charge is -2.38. The van der Waals surface area contributed by atoms with Gasteiger partial charge >= 0.3 is 0 Å². The lowest BCUT2D eigenvalue weighted by molar-refractivity contribution is -0.0167. The highest BCUT2D eigenvalue weighted by atomic mass is 32.2. The third-order valence-electron chi connectivity index (χ3n) is 5.24. The number of halogens is 1. The van der Waals surface area contributed by atoms with Crippen LogP contribution in [0.2, 0.25) is 0 Å². The van der Waals surface area contributed by atoms with Gasteiger partial charge in [0.1, 0.15) is 5.82 Å². The Morgan fingerprint density at radius 1 is 1.17 bits per heavy atom. The summed E-state index contributed by atoms with van der Waals surface area (Å²) in [6, 6.07) is 12.0. The van der Waals surface area contributed by atoms with E-state index in [-0.39, 0.29) is 34.6 Å². The van der Waals surface area contributed by atoms with Crippen molar-refractivity contribution in [2.24, 2.45) is 0 Å². The summed E-state index contributed by atoms with van der Waals surface area (Å²) in [5, 5.41) is 10.9. The molecule has 0 atom stereocenters. The van der Waals surface area contributed by atoms with E-state index in [4.69, 9.17) is 0 Å². The molecule has 2 aromatic rings. The summed E-state index contributed by atoms with van der Waals surface area (Å²) < 4.78 is 41.2. The number of hydrogen-bond acceptors (Lipinski definition) is 4. The number of nitrogens with zero attached hydrogens (tertiary/aromatic N) is 1. The molecule has 0 radical (unpaired) electrons. The Kier molecular flexibility index (Phi) is 6.59. The molecule has 0 aromatic heterocycles. The number of piperidine rings is 1. The first-order valence-electron chi connectivity index (χ1n) is 9.97. The highest BCUT2D eigenvalue weighted by molar-refractivity contribution is 7.89. The van der Waals surface area contributed by atoms with Gasteiger partial charge in [-0.1, -0.05) is 24.3 Å². The summed E-state index contributed by atoms with van der Waals surface area (Å²) in [7, 11) is -3.70. The van der Waals surface area contributed by atoms with Gasteiger partial charge in [0.05, 0.1) is 10.5 Å². The van der Waals surface area contributed by atoms with E-state index in [9.17, 15) is 22.7 Å². The molecule has 0 saturated carbocycles. The monoisotopic (exact) mass is 434 g/mol. The van der Waals surface area contributed by atoms with E-state index < -0.39 is 15.6 Å². The summed E-state index contributed by atoms with van der Waals surface area (Å²) in [5.41, 5.74) is -0.345. The number of rotatable bonds is 6. The molecule has 1 aliphatic heterocycles. The van der Waals surface area contributed by atoms with Crippen molar-refractivity contribution in [3.63, 3.8) is 0 Å². The first-order valence-corrected chi connectivity index (χ1v) is 11.5. The fourth-order valence-corrected chi connectivity index (χ4v) is 4.95. The Labute approximate surface area is 176 Å². The Morgan fingerprint density at radius 2 is 1.83 bits per heavy atom. The third kappa shape index (κ3) is 5.24. The highest BCUT2D eigenvalue weighted by Gasteiger charge is 2.35. The summed E-state index contributed by atoms with van der Waals surface area (Å²) in [5.74, 6) is -0.637. The van der Waals surface area contributed by atoms with Gasteiger partial charge in [0.25, 0.3) is 5.91 Å². The van der Waals surface area contributed by atoms with E-state index in [1.54, 1.807) is 49.1 Å². The van der Waals surface area contributed by atoms with Gasteiger partial charge in [-0.3, -0.25) is 4.79 Å². The minimum atomic E-state index is -3.70. The van der Waals surface area contributed by atoms with Crippen molar-refractivity contribution in [2.45, 2.75) is 49.6 Å². The molecule has 1 amide bonds. The van der Waals surface area contributed by atoms with Crippen molar-refractivity contribution >= 4 is 15.9 Å². The average molecular weight is 435 g/mol. The third-order valence-corrected chi connectivity index (χ3v) is 6.90. The maximum absolute atomic E-state index is 13.9. The molecule has 0 aliphatic carbocycles. The quantitative estimate of drug-likeness (QED) is 0.732. The number of aliphatic hydroxyl groups is 1. The molecule has 1 aliphatic rings. The van der Waals surface area contributed by atoms with E-state index in [1.165, 1.54) is 18.2 Å². The molecule has 3 rings (SSSR count). The smallest absolute Gasteiger partial charge is 0.253 e. The predicted octanol–water partition coefficient (Wildman–Crippen LogP) is 2.72. The summed E-state index contributed by atoms with van der Waals surface area (Å²) in [4.78, 5) is 14.5. The highest BCUT2D eigenvalue weighted by Crippen LogP contribution is 2.28. The lowest BCUT2D eigenvalue weighted by atomic mass is 9.85. The average Bonchev–Trinajstić information content (AvgIpc) is 2.69. The van der Waals surface area contributed by atoms with Crippen molar-refractivity contribution in [3.8, 4) is 0 Å². The maximum atomic E-state index is 13.9. The topological polar surface area (TPSA) is 86.7 Å². The number of sulfonamides is 1. The van der Waals surface area contributed by atoms with Crippen LogP contribution in [0.1, 0.15) is 42.6 Å². The second-order valence-corrected chi connectivity index (χ2v) is 9.80. The molecular weight excluding hydrogens is 407 g/mol. The van der Waals surface area contributed by atoms with Crippen LogP contribution in [0.15, 0.2) is 53.4 Å². The van der Waals surface area contributed by atoms with Crippen molar-refractivity contribution in [1.29, 1.82) is 0 Å². The van der Waals surface area contributed by atoms with Crippen LogP contribution in [0.3, 0.4) is 0 Å². The number of amides is 1. The first kappa shape index (κ1) is 22.4. The second-order valence-electron chi connectivity index (χ2n) is 8.09. The first-order chi connectivity index (χ1) is 14.1. The van der Waals surface area contributed by atoms with Gasteiger partial charge < -0.3 is 10.0 Å². The van der Waals surface area contributed by atoms with Gasteiger partial charge in [-0.25, -0.2) is 17.5 Å².